The van der Waals surface area contributed by atoms with Gasteiger partial charge in [0.25, 0.3) is 5.91 Å². The Morgan fingerprint density at radius 3 is 2.66 bits per heavy atom. The minimum atomic E-state index is -1.14. The molecule has 0 spiro atoms. The Bertz CT molecular complexity index is 827. The van der Waals surface area contributed by atoms with Crippen molar-refractivity contribution >= 4 is 23.7 Å². The van der Waals surface area contributed by atoms with Crippen LogP contribution in [0.1, 0.15) is 59.0 Å². The van der Waals surface area contributed by atoms with Crippen molar-refractivity contribution in [1.82, 2.24) is 20.9 Å². The van der Waals surface area contributed by atoms with Crippen molar-refractivity contribution in [2.24, 2.45) is 11.3 Å². The molecule has 178 valence electrons. The van der Waals surface area contributed by atoms with Crippen LogP contribution < -0.4 is 16.0 Å². The summed E-state index contributed by atoms with van der Waals surface area (Å²) in [6, 6.07) is -2.10. The predicted molar refractivity (Wildman–Crippen MR) is 116 cm³/mol. The third-order valence-electron chi connectivity index (χ3n) is 4.83. The number of aromatic nitrogens is 1. The standard InChI is InChI=1S/C22H34N4O6/c1-13(2)17(26-21(30)32-12-22(3,4)5)19(28)25-15-10-14-11-31-16(24-14)8-6-7-9-23-20(29)18(15)27/h11,13,15,17H,6-10,12H2,1-5H3,(H,23,29)(H,25,28)(H,26,30). The fourth-order valence-electron chi connectivity index (χ4n) is 3.07. The molecule has 10 heteroatoms. The molecule has 1 aromatic heterocycles. The Kier molecular flexibility index (Phi) is 8.80. The predicted octanol–water partition coefficient (Wildman–Crippen LogP) is 1.52. The van der Waals surface area contributed by atoms with Crippen molar-refractivity contribution < 1.29 is 28.3 Å². The third-order valence-corrected chi connectivity index (χ3v) is 4.83. The number of alkyl carbamates (subject to hydrolysis) is 1. The lowest BCUT2D eigenvalue weighted by atomic mass is 9.99. The average molecular weight is 451 g/mol. The Morgan fingerprint density at radius 2 is 2.00 bits per heavy atom. The molecule has 2 unspecified atom stereocenters. The fourth-order valence-corrected chi connectivity index (χ4v) is 3.07. The van der Waals surface area contributed by atoms with Crippen LogP contribution in [0.4, 0.5) is 4.79 Å². The summed E-state index contributed by atoms with van der Waals surface area (Å²) in [6.07, 6.45) is 2.76. The molecular formula is C22H34N4O6. The molecule has 3 N–H and O–H groups in total. The van der Waals surface area contributed by atoms with E-state index in [0.29, 0.717) is 31.0 Å². The number of fused-ring (bicyclic) bond motifs is 2. The SMILES string of the molecule is CC(C)C(NC(=O)OCC(C)(C)C)C(=O)NC1Cc2coc(n2)CCCCNC(=O)C1=O. The van der Waals surface area contributed by atoms with Gasteiger partial charge in [0.05, 0.1) is 12.3 Å². The number of rotatable bonds is 5. The lowest BCUT2D eigenvalue weighted by molar-refractivity contribution is -0.140. The molecule has 0 radical (unpaired) electrons. The molecule has 0 aromatic carbocycles. The summed E-state index contributed by atoms with van der Waals surface area (Å²) in [5, 5.41) is 7.75. The van der Waals surface area contributed by atoms with Gasteiger partial charge in [-0.15, -0.1) is 0 Å². The summed E-state index contributed by atoms with van der Waals surface area (Å²) < 4.78 is 10.6. The van der Waals surface area contributed by atoms with Crippen molar-refractivity contribution in [2.45, 2.75) is 72.4 Å². The molecule has 1 aliphatic rings. The number of amides is 3. The maximum atomic E-state index is 13.0. The van der Waals surface area contributed by atoms with E-state index in [-0.39, 0.29) is 24.4 Å². The maximum absolute atomic E-state index is 13.0. The molecule has 10 nitrogen and oxygen atoms in total. The van der Waals surface area contributed by atoms with E-state index in [1.165, 1.54) is 6.26 Å². The summed E-state index contributed by atoms with van der Waals surface area (Å²) in [6.45, 7) is 9.80. The van der Waals surface area contributed by atoms with Crippen LogP contribution in [0.3, 0.4) is 0 Å². The number of hydrogen-bond acceptors (Lipinski definition) is 7. The van der Waals surface area contributed by atoms with Gasteiger partial charge in [-0.1, -0.05) is 34.6 Å². The van der Waals surface area contributed by atoms with E-state index in [1.807, 2.05) is 20.8 Å². The zero-order valence-electron chi connectivity index (χ0n) is 19.4. The number of oxazole rings is 1. The monoisotopic (exact) mass is 450 g/mol. The highest BCUT2D eigenvalue weighted by molar-refractivity contribution is 6.38. The first kappa shape index (κ1) is 25.4. The van der Waals surface area contributed by atoms with E-state index < -0.39 is 35.8 Å². The van der Waals surface area contributed by atoms with E-state index >= 15 is 0 Å². The second-order valence-corrected chi connectivity index (χ2v) is 9.58. The number of carbonyl (C=O) groups excluding carboxylic acids is 4. The highest BCUT2D eigenvalue weighted by Crippen LogP contribution is 2.14. The normalized spacial score (nSPS) is 18.8. The van der Waals surface area contributed by atoms with Crippen LogP contribution in [-0.4, -0.2) is 53.9 Å². The largest absolute Gasteiger partial charge is 0.449 e. The lowest BCUT2D eigenvalue weighted by Crippen LogP contribution is -2.56. The van der Waals surface area contributed by atoms with Gasteiger partial charge >= 0.3 is 6.09 Å². The molecule has 0 saturated carbocycles. The topological polar surface area (TPSA) is 140 Å². The van der Waals surface area contributed by atoms with Gasteiger partial charge in [-0.25, -0.2) is 9.78 Å². The van der Waals surface area contributed by atoms with Crippen LogP contribution in [0.2, 0.25) is 0 Å². The molecule has 0 fully saturated rings. The van der Waals surface area contributed by atoms with Gasteiger partial charge in [-0.3, -0.25) is 14.4 Å². The van der Waals surface area contributed by atoms with E-state index in [0.717, 1.165) is 6.42 Å². The molecule has 32 heavy (non-hydrogen) atoms. The molecule has 0 saturated heterocycles. The molecule has 2 heterocycles. The van der Waals surface area contributed by atoms with E-state index in [2.05, 4.69) is 20.9 Å². The number of ether oxygens (including phenoxy) is 1. The fraction of sp³-hybridized carbons (Fsp3) is 0.682. The van der Waals surface area contributed by atoms with Gasteiger partial charge < -0.3 is 25.1 Å². The summed E-state index contributed by atoms with van der Waals surface area (Å²) in [7, 11) is 0. The van der Waals surface area contributed by atoms with Crippen molar-refractivity contribution in [3.8, 4) is 0 Å². The van der Waals surface area contributed by atoms with Crippen LogP contribution in [0.15, 0.2) is 10.7 Å². The van der Waals surface area contributed by atoms with Crippen molar-refractivity contribution in [3.05, 3.63) is 17.8 Å². The Labute approximate surface area is 188 Å². The van der Waals surface area contributed by atoms with Crippen molar-refractivity contribution in [2.75, 3.05) is 13.2 Å². The Morgan fingerprint density at radius 1 is 1.28 bits per heavy atom. The minimum Gasteiger partial charge on any atom is -0.449 e. The van der Waals surface area contributed by atoms with Gasteiger partial charge in [0.1, 0.15) is 18.3 Å². The highest BCUT2D eigenvalue weighted by Gasteiger charge is 2.33. The molecule has 0 aliphatic carbocycles. The van der Waals surface area contributed by atoms with E-state index in [1.54, 1.807) is 13.8 Å². The second-order valence-electron chi connectivity index (χ2n) is 9.58. The van der Waals surface area contributed by atoms with Gasteiger partial charge in [0.2, 0.25) is 11.7 Å². The minimum absolute atomic E-state index is 0.000773. The van der Waals surface area contributed by atoms with Gasteiger partial charge in [-0.2, -0.15) is 0 Å². The number of nitrogens with one attached hydrogen (secondary N) is 3. The molecule has 2 rings (SSSR count). The van der Waals surface area contributed by atoms with Crippen LogP contribution in [-0.2, 0) is 32.0 Å². The first-order chi connectivity index (χ1) is 15.0. The zero-order chi connectivity index (χ0) is 23.9. The summed E-state index contributed by atoms with van der Waals surface area (Å²) in [4.78, 5) is 54.5. The number of hydrogen-bond donors (Lipinski definition) is 3. The van der Waals surface area contributed by atoms with Crippen molar-refractivity contribution in [1.29, 1.82) is 0 Å². The van der Waals surface area contributed by atoms with Crippen LogP contribution in [0.25, 0.3) is 0 Å². The molecule has 2 bridgehead atoms. The van der Waals surface area contributed by atoms with E-state index in [9.17, 15) is 19.2 Å². The summed E-state index contributed by atoms with van der Waals surface area (Å²) >= 11 is 0. The maximum Gasteiger partial charge on any atom is 0.407 e. The molecular weight excluding hydrogens is 416 g/mol. The van der Waals surface area contributed by atoms with E-state index in [4.69, 9.17) is 9.15 Å². The van der Waals surface area contributed by atoms with Crippen LogP contribution >= 0.6 is 0 Å². The zero-order valence-corrected chi connectivity index (χ0v) is 19.4. The summed E-state index contributed by atoms with van der Waals surface area (Å²) in [5.74, 6) is -1.87. The first-order valence-corrected chi connectivity index (χ1v) is 11.0. The number of nitrogens with zero attached hydrogens (tertiary/aromatic N) is 1. The Hall–Kier alpha value is -2.91. The van der Waals surface area contributed by atoms with Gasteiger partial charge in [0, 0.05) is 19.4 Å². The van der Waals surface area contributed by atoms with Gasteiger partial charge in [0.15, 0.2) is 5.89 Å². The number of Topliss-reactive ketones (excluding diaryl/α,β-unsaturated/α-hetero) is 1. The quantitative estimate of drug-likeness (QED) is 0.578. The molecule has 3 amide bonds. The van der Waals surface area contributed by atoms with Crippen molar-refractivity contribution in [3.63, 3.8) is 0 Å². The van der Waals surface area contributed by atoms with Crippen LogP contribution in [0, 0.1) is 11.3 Å². The average Bonchev–Trinajstić information content (AvgIpc) is 3.14. The Balaban J connectivity index is 2.13. The van der Waals surface area contributed by atoms with Crippen LogP contribution in [0.5, 0.6) is 0 Å². The number of aryl methyl sites for hydroxylation is 1. The molecule has 2 atom stereocenters. The molecule has 1 aromatic rings. The number of carbonyl (C=O) groups is 4. The smallest absolute Gasteiger partial charge is 0.407 e. The lowest BCUT2D eigenvalue weighted by Gasteiger charge is -2.25. The summed E-state index contributed by atoms with van der Waals surface area (Å²) in [5.41, 5.74) is 0.238. The first-order valence-electron chi connectivity index (χ1n) is 11.0. The highest BCUT2D eigenvalue weighted by atomic mass is 16.5. The number of ketones is 1. The third kappa shape index (κ3) is 7.97. The second kappa shape index (κ2) is 11.1. The molecule has 1 aliphatic heterocycles. The van der Waals surface area contributed by atoms with Gasteiger partial charge in [-0.05, 0) is 24.2 Å².